The van der Waals surface area contributed by atoms with Gasteiger partial charge in [-0.1, -0.05) is 25.7 Å². The lowest BCUT2D eigenvalue weighted by Gasteiger charge is -2.25. The van der Waals surface area contributed by atoms with Crippen molar-refractivity contribution in [1.29, 1.82) is 0 Å². The van der Waals surface area contributed by atoms with Crippen LogP contribution in [0.15, 0.2) is 0 Å². The summed E-state index contributed by atoms with van der Waals surface area (Å²) in [5.74, 6) is -0.292. The van der Waals surface area contributed by atoms with E-state index >= 15 is 0 Å². The first-order valence-electron chi connectivity index (χ1n) is 7.19. The Kier molecular flexibility index (Phi) is 6.65. The van der Waals surface area contributed by atoms with Gasteiger partial charge in [-0.05, 0) is 39.7 Å². The maximum Gasteiger partial charge on any atom is 0.237 e. The lowest BCUT2D eigenvalue weighted by Crippen LogP contribution is -2.51. The fourth-order valence-corrected chi connectivity index (χ4v) is 2.46. The van der Waals surface area contributed by atoms with E-state index in [-0.39, 0.29) is 5.91 Å². The highest BCUT2D eigenvalue weighted by Crippen LogP contribution is 2.20. The molecule has 0 bridgehead atoms. The second-order valence-corrected chi connectivity index (χ2v) is 5.53. The van der Waals surface area contributed by atoms with Crippen LogP contribution in [-0.4, -0.2) is 31.2 Å². The summed E-state index contributed by atoms with van der Waals surface area (Å²) in [5.41, 5.74) is 4.78. The topological polar surface area (TPSA) is 64.3 Å². The van der Waals surface area contributed by atoms with Crippen molar-refractivity contribution in [3.05, 3.63) is 0 Å². The van der Waals surface area contributed by atoms with Crippen LogP contribution in [0, 0.1) is 0 Å². The Bertz CT molecular complexity index is 250. The Morgan fingerprint density at radius 2 is 1.94 bits per heavy atom. The number of primary amides is 1. The van der Waals surface area contributed by atoms with E-state index in [0.29, 0.717) is 6.10 Å². The lowest BCUT2D eigenvalue weighted by molar-refractivity contribution is -0.124. The number of hydrogen-bond donors (Lipinski definition) is 2. The Morgan fingerprint density at radius 1 is 1.33 bits per heavy atom. The number of nitrogens with two attached hydrogens (primary N) is 1. The summed E-state index contributed by atoms with van der Waals surface area (Å²) >= 11 is 0. The average molecular weight is 256 g/mol. The summed E-state index contributed by atoms with van der Waals surface area (Å²) in [6.45, 7) is 2.58. The molecule has 0 radical (unpaired) electrons. The van der Waals surface area contributed by atoms with Gasteiger partial charge in [0.1, 0.15) is 0 Å². The smallest absolute Gasteiger partial charge is 0.237 e. The Balaban J connectivity index is 2.19. The molecule has 1 aliphatic rings. The van der Waals surface area contributed by atoms with E-state index in [0.717, 1.165) is 19.4 Å². The van der Waals surface area contributed by atoms with Gasteiger partial charge in [-0.2, -0.15) is 0 Å². The first kappa shape index (κ1) is 15.4. The number of carbonyl (C=O) groups excluding carboxylic acids is 1. The fourth-order valence-electron chi connectivity index (χ4n) is 2.46. The van der Waals surface area contributed by atoms with Crippen LogP contribution in [0.1, 0.15) is 58.3 Å². The second kappa shape index (κ2) is 7.74. The van der Waals surface area contributed by atoms with E-state index in [2.05, 4.69) is 5.32 Å². The molecule has 0 aromatic carbocycles. The molecule has 3 N–H and O–H groups in total. The molecule has 0 spiro atoms. The third-order valence-electron chi connectivity index (χ3n) is 4.07. The van der Waals surface area contributed by atoms with E-state index in [4.69, 9.17) is 10.5 Å². The molecule has 1 amide bonds. The average Bonchev–Trinajstić information content (AvgIpc) is 2.62. The van der Waals surface area contributed by atoms with Gasteiger partial charge in [0, 0.05) is 6.61 Å². The first-order valence-corrected chi connectivity index (χ1v) is 7.19. The van der Waals surface area contributed by atoms with Gasteiger partial charge in [0.15, 0.2) is 0 Å². The quantitative estimate of drug-likeness (QED) is 0.540. The van der Waals surface area contributed by atoms with Crippen LogP contribution >= 0.6 is 0 Å². The molecule has 1 fully saturated rings. The van der Waals surface area contributed by atoms with Gasteiger partial charge in [-0.3, -0.25) is 4.79 Å². The van der Waals surface area contributed by atoms with Crippen LogP contribution in [0.5, 0.6) is 0 Å². The van der Waals surface area contributed by atoms with E-state index in [1.54, 1.807) is 7.05 Å². The van der Waals surface area contributed by atoms with Gasteiger partial charge in [-0.15, -0.1) is 0 Å². The molecule has 1 rings (SSSR count). The normalized spacial score (nSPS) is 21.2. The molecular weight excluding hydrogens is 228 g/mol. The minimum absolute atomic E-state index is 0.292. The van der Waals surface area contributed by atoms with Crippen molar-refractivity contribution in [1.82, 2.24) is 5.32 Å². The summed E-state index contributed by atoms with van der Waals surface area (Å²) < 4.78 is 5.90. The van der Waals surface area contributed by atoms with Crippen molar-refractivity contribution >= 4 is 5.91 Å². The molecule has 0 aromatic heterocycles. The number of amides is 1. The van der Waals surface area contributed by atoms with E-state index in [1.807, 2.05) is 6.92 Å². The molecule has 18 heavy (non-hydrogen) atoms. The number of rotatable bonds is 7. The van der Waals surface area contributed by atoms with Gasteiger partial charge in [0.2, 0.25) is 5.91 Å². The van der Waals surface area contributed by atoms with Crippen molar-refractivity contribution in [3.8, 4) is 0 Å². The van der Waals surface area contributed by atoms with E-state index in [1.165, 1.54) is 38.5 Å². The predicted octanol–water partition coefficient (Wildman–Crippen LogP) is 1.97. The number of hydrogen-bond acceptors (Lipinski definition) is 3. The SMILES string of the molecule is CNC(C)(CCCOC1CCCCCC1)C(N)=O. The highest BCUT2D eigenvalue weighted by Gasteiger charge is 2.28. The molecule has 106 valence electrons. The molecular formula is C14H28N2O2. The number of carbonyl (C=O) groups is 1. The molecule has 0 aliphatic heterocycles. The molecule has 0 saturated heterocycles. The summed E-state index contributed by atoms with van der Waals surface area (Å²) in [6.07, 6.45) is 9.70. The third kappa shape index (κ3) is 4.94. The maximum atomic E-state index is 11.3. The van der Waals surface area contributed by atoms with Gasteiger partial charge >= 0.3 is 0 Å². The summed E-state index contributed by atoms with van der Waals surface area (Å²) in [6, 6.07) is 0. The van der Waals surface area contributed by atoms with E-state index < -0.39 is 5.54 Å². The largest absolute Gasteiger partial charge is 0.378 e. The number of likely N-dealkylation sites (N-methyl/N-ethyl adjacent to an activating group) is 1. The third-order valence-corrected chi connectivity index (χ3v) is 4.07. The van der Waals surface area contributed by atoms with Crippen LogP contribution in [0.25, 0.3) is 0 Å². The Labute approximate surface area is 111 Å². The summed E-state index contributed by atoms with van der Waals surface area (Å²) in [4.78, 5) is 11.3. The molecule has 4 heteroatoms. The standard InChI is InChI=1S/C14H28N2O2/c1-14(16-2,13(15)17)10-7-11-18-12-8-5-3-4-6-9-12/h12,16H,3-11H2,1-2H3,(H2,15,17). The highest BCUT2D eigenvalue weighted by atomic mass is 16.5. The van der Waals surface area contributed by atoms with Crippen LogP contribution in [-0.2, 0) is 9.53 Å². The Hall–Kier alpha value is -0.610. The number of nitrogens with one attached hydrogen (secondary N) is 1. The van der Waals surface area contributed by atoms with Crippen LogP contribution in [0.3, 0.4) is 0 Å². The zero-order chi connectivity index (χ0) is 13.4. The molecule has 1 saturated carbocycles. The van der Waals surface area contributed by atoms with Crippen LogP contribution in [0.4, 0.5) is 0 Å². The lowest BCUT2D eigenvalue weighted by atomic mass is 9.95. The van der Waals surface area contributed by atoms with Crippen molar-refractivity contribution in [2.75, 3.05) is 13.7 Å². The van der Waals surface area contributed by atoms with Gasteiger partial charge in [-0.25, -0.2) is 0 Å². The zero-order valence-electron chi connectivity index (χ0n) is 11.8. The van der Waals surface area contributed by atoms with Crippen LogP contribution in [0.2, 0.25) is 0 Å². The van der Waals surface area contributed by atoms with Crippen molar-refractivity contribution in [2.24, 2.45) is 5.73 Å². The van der Waals surface area contributed by atoms with Crippen molar-refractivity contribution in [3.63, 3.8) is 0 Å². The number of ether oxygens (including phenoxy) is 1. The van der Waals surface area contributed by atoms with Gasteiger partial charge in [0.25, 0.3) is 0 Å². The maximum absolute atomic E-state index is 11.3. The van der Waals surface area contributed by atoms with Crippen LogP contribution < -0.4 is 11.1 Å². The monoisotopic (exact) mass is 256 g/mol. The Morgan fingerprint density at radius 3 is 2.44 bits per heavy atom. The molecule has 1 atom stereocenters. The zero-order valence-corrected chi connectivity index (χ0v) is 11.8. The summed E-state index contributed by atoms with van der Waals surface area (Å²) in [7, 11) is 1.77. The summed E-state index contributed by atoms with van der Waals surface area (Å²) in [5, 5.41) is 3.00. The minimum atomic E-state index is -0.604. The molecule has 4 nitrogen and oxygen atoms in total. The van der Waals surface area contributed by atoms with Gasteiger partial charge < -0.3 is 15.8 Å². The molecule has 1 unspecified atom stereocenters. The molecule has 0 heterocycles. The molecule has 1 aliphatic carbocycles. The van der Waals surface area contributed by atoms with Gasteiger partial charge in [0.05, 0.1) is 11.6 Å². The highest BCUT2D eigenvalue weighted by molar-refractivity contribution is 5.84. The predicted molar refractivity (Wildman–Crippen MR) is 73.3 cm³/mol. The fraction of sp³-hybridized carbons (Fsp3) is 0.929. The van der Waals surface area contributed by atoms with E-state index in [9.17, 15) is 4.79 Å². The first-order chi connectivity index (χ1) is 8.58. The minimum Gasteiger partial charge on any atom is -0.378 e. The van der Waals surface area contributed by atoms with Crippen molar-refractivity contribution in [2.45, 2.75) is 69.9 Å². The van der Waals surface area contributed by atoms with Crippen molar-refractivity contribution < 1.29 is 9.53 Å². The molecule has 0 aromatic rings. The second-order valence-electron chi connectivity index (χ2n) is 5.53.